The molecule has 1 saturated heterocycles. The number of carbonyl (C=O) groups excluding carboxylic acids is 4. The Kier molecular flexibility index (Phi) is 10.5. The number of carbonyl (C=O) groups is 4. The predicted molar refractivity (Wildman–Crippen MR) is 134 cm³/mol. The molecule has 10 heteroatoms. The van der Waals surface area contributed by atoms with E-state index in [1.165, 1.54) is 7.11 Å². The van der Waals surface area contributed by atoms with E-state index in [1.54, 1.807) is 9.80 Å². The number of unbranched alkanes of at least 4 members (excludes halogenated alkanes) is 3. The number of anilines is 1. The first kappa shape index (κ1) is 27.4. The molecule has 1 fully saturated rings. The number of amides is 4. The molecule has 2 atom stereocenters. The molecule has 0 saturated carbocycles. The minimum absolute atomic E-state index is 0.152. The quantitative estimate of drug-likeness (QED) is 0.373. The summed E-state index contributed by atoms with van der Waals surface area (Å²) in [6, 6.07) is 7.16. The van der Waals surface area contributed by atoms with Crippen molar-refractivity contribution in [1.82, 2.24) is 15.5 Å². The molecular weight excluding hydrogens is 464 g/mol. The molecule has 0 aliphatic carbocycles. The SMILES string of the molecule is CCCCCCC(C(=O)NCC(=O)N1CCOCC1)C(=O)N1CC(NC(=O)OC)Cc2ccccc21. The molecule has 3 rings (SSSR count). The number of rotatable bonds is 10. The van der Waals surface area contributed by atoms with Crippen LogP contribution in [0.1, 0.15) is 44.6 Å². The molecule has 2 aliphatic rings. The van der Waals surface area contributed by atoms with E-state index in [4.69, 9.17) is 9.47 Å². The number of ether oxygens (including phenoxy) is 2. The Morgan fingerprint density at radius 2 is 1.86 bits per heavy atom. The van der Waals surface area contributed by atoms with Crippen LogP contribution in [0, 0.1) is 5.92 Å². The lowest BCUT2D eigenvalue weighted by Gasteiger charge is -2.36. The highest BCUT2D eigenvalue weighted by Gasteiger charge is 2.36. The van der Waals surface area contributed by atoms with Crippen molar-refractivity contribution in [2.24, 2.45) is 5.92 Å². The van der Waals surface area contributed by atoms with Gasteiger partial charge < -0.3 is 29.9 Å². The Morgan fingerprint density at radius 3 is 2.58 bits per heavy atom. The molecule has 1 aromatic carbocycles. The molecule has 10 nitrogen and oxygen atoms in total. The first-order valence-electron chi connectivity index (χ1n) is 12.8. The molecule has 0 bridgehead atoms. The van der Waals surface area contributed by atoms with Gasteiger partial charge in [-0.2, -0.15) is 0 Å². The number of hydrogen-bond acceptors (Lipinski definition) is 6. The van der Waals surface area contributed by atoms with E-state index in [0.717, 1.165) is 36.9 Å². The smallest absolute Gasteiger partial charge is 0.407 e. The van der Waals surface area contributed by atoms with E-state index in [1.807, 2.05) is 24.3 Å². The minimum atomic E-state index is -0.927. The summed E-state index contributed by atoms with van der Waals surface area (Å²) >= 11 is 0. The summed E-state index contributed by atoms with van der Waals surface area (Å²) in [6.07, 6.45) is 4.09. The van der Waals surface area contributed by atoms with Gasteiger partial charge in [0.25, 0.3) is 0 Å². The molecule has 1 aromatic rings. The van der Waals surface area contributed by atoms with Gasteiger partial charge in [0.15, 0.2) is 0 Å². The Bertz CT molecular complexity index is 917. The van der Waals surface area contributed by atoms with Gasteiger partial charge in [0, 0.05) is 25.3 Å². The van der Waals surface area contributed by atoms with E-state index in [0.29, 0.717) is 39.1 Å². The fraction of sp³-hybridized carbons (Fsp3) is 0.615. The van der Waals surface area contributed by atoms with Crippen molar-refractivity contribution in [1.29, 1.82) is 0 Å². The van der Waals surface area contributed by atoms with Crippen molar-refractivity contribution >= 4 is 29.5 Å². The van der Waals surface area contributed by atoms with E-state index in [2.05, 4.69) is 17.6 Å². The van der Waals surface area contributed by atoms with Crippen LogP contribution >= 0.6 is 0 Å². The lowest BCUT2D eigenvalue weighted by atomic mass is 9.93. The second kappa shape index (κ2) is 13.8. The molecule has 36 heavy (non-hydrogen) atoms. The average molecular weight is 503 g/mol. The Morgan fingerprint density at radius 1 is 1.11 bits per heavy atom. The number of nitrogens with zero attached hydrogens (tertiary/aromatic N) is 2. The van der Waals surface area contributed by atoms with Crippen molar-refractivity contribution in [3.8, 4) is 0 Å². The van der Waals surface area contributed by atoms with Crippen molar-refractivity contribution in [3.63, 3.8) is 0 Å². The molecule has 0 radical (unpaired) electrons. The van der Waals surface area contributed by atoms with Crippen LogP contribution in [-0.2, 0) is 30.3 Å². The van der Waals surface area contributed by atoms with E-state index in [-0.39, 0.29) is 30.9 Å². The molecule has 2 heterocycles. The highest BCUT2D eigenvalue weighted by Crippen LogP contribution is 2.29. The zero-order chi connectivity index (χ0) is 25.9. The third-order valence-corrected chi connectivity index (χ3v) is 6.66. The van der Waals surface area contributed by atoms with Gasteiger partial charge in [-0.15, -0.1) is 0 Å². The highest BCUT2D eigenvalue weighted by atomic mass is 16.5. The van der Waals surface area contributed by atoms with Crippen LogP contribution in [0.2, 0.25) is 0 Å². The zero-order valence-corrected chi connectivity index (χ0v) is 21.3. The number of morpholine rings is 1. The molecule has 198 valence electrons. The van der Waals surface area contributed by atoms with Crippen LogP contribution in [-0.4, -0.2) is 81.3 Å². The average Bonchev–Trinajstić information content (AvgIpc) is 2.91. The van der Waals surface area contributed by atoms with E-state index < -0.39 is 17.9 Å². The molecule has 2 N–H and O–H groups in total. The maximum absolute atomic E-state index is 13.8. The van der Waals surface area contributed by atoms with Gasteiger partial charge in [-0.1, -0.05) is 50.8 Å². The summed E-state index contributed by atoms with van der Waals surface area (Å²) in [5, 5.41) is 5.49. The summed E-state index contributed by atoms with van der Waals surface area (Å²) in [4.78, 5) is 54.7. The van der Waals surface area contributed by atoms with Crippen LogP contribution in [0.25, 0.3) is 0 Å². The Hall–Kier alpha value is -3.14. The van der Waals surface area contributed by atoms with Gasteiger partial charge >= 0.3 is 6.09 Å². The zero-order valence-electron chi connectivity index (χ0n) is 21.3. The molecule has 0 aromatic heterocycles. The second-order valence-corrected chi connectivity index (χ2v) is 9.23. The predicted octanol–water partition coefficient (Wildman–Crippen LogP) is 1.86. The lowest BCUT2D eigenvalue weighted by molar-refractivity contribution is -0.139. The lowest BCUT2D eigenvalue weighted by Crippen LogP contribution is -2.54. The molecule has 2 unspecified atom stereocenters. The largest absolute Gasteiger partial charge is 0.453 e. The Labute approximate surface area is 212 Å². The number of alkyl carbamates (subject to hydrolysis) is 1. The van der Waals surface area contributed by atoms with Gasteiger partial charge in [0.05, 0.1) is 32.9 Å². The summed E-state index contributed by atoms with van der Waals surface area (Å²) in [7, 11) is 1.30. The normalized spacial score (nSPS) is 18.1. The molecule has 0 spiro atoms. The first-order chi connectivity index (χ1) is 17.4. The number of nitrogens with one attached hydrogen (secondary N) is 2. The van der Waals surface area contributed by atoms with Crippen molar-refractivity contribution in [3.05, 3.63) is 29.8 Å². The topological polar surface area (TPSA) is 117 Å². The third-order valence-electron chi connectivity index (χ3n) is 6.66. The minimum Gasteiger partial charge on any atom is -0.453 e. The van der Waals surface area contributed by atoms with Crippen LogP contribution in [0.4, 0.5) is 10.5 Å². The van der Waals surface area contributed by atoms with Crippen molar-refractivity contribution in [2.45, 2.75) is 51.5 Å². The monoisotopic (exact) mass is 502 g/mol. The van der Waals surface area contributed by atoms with Gasteiger partial charge in [-0.05, 0) is 24.5 Å². The van der Waals surface area contributed by atoms with Crippen molar-refractivity contribution < 1.29 is 28.7 Å². The second-order valence-electron chi connectivity index (χ2n) is 9.23. The summed E-state index contributed by atoms with van der Waals surface area (Å²) < 4.78 is 10.0. The van der Waals surface area contributed by atoms with E-state index in [9.17, 15) is 19.2 Å². The van der Waals surface area contributed by atoms with Crippen LogP contribution in [0.15, 0.2) is 24.3 Å². The number of fused-ring (bicyclic) bond motifs is 1. The van der Waals surface area contributed by atoms with Crippen LogP contribution in [0.3, 0.4) is 0 Å². The molecule has 2 aliphatic heterocycles. The van der Waals surface area contributed by atoms with E-state index >= 15 is 0 Å². The molecule has 4 amide bonds. The third kappa shape index (κ3) is 7.43. The van der Waals surface area contributed by atoms with Gasteiger partial charge in [0.2, 0.25) is 17.7 Å². The summed E-state index contributed by atoms with van der Waals surface area (Å²) in [5.41, 5.74) is 1.65. The summed E-state index contributed by atoms with van der Waals surface area (Å²) in [6.45, 7) is 4.13. The number of para-hydroxylation sites is 1. The maximum atomic E-state index is 13.8. The Balaban J connectivity index is 1.74. The van der Waals surface area contributed by atoms with Crippen molar-refractivity contribution in [2.75, 3.05) is 51.4 Å². The maximum Gasteiger partial charge on any atom is 0.407 e. The fourth-order valence-corrected chi connectivity index (χ4v) is 4.67. The fourth-order valence-electron chi connectivity index (χ4n) is 4.67. The summed E-state index contributed by atoms with van der Waals surface area (Å²) in [5.74, 6) is -1.89. The highest BCUT2D eigenvalue weighted by molar-refractivity contribution is 6.08. The molecular formula is C26H38N4O6. The van der Waals surface area contributed by atoms with Crippen LogP contribution < -0.4 is 15.5 Å². The first-order valence-corrected chi connectivity index (χ1v) is 12.8. The number of hydrogen-bond donors (Lipinski definition) is 2. The number of benzene rings is 1. The number of methoxy groups -OCH3 is 1. The standard InChI is InChI=1S/C26H38N4O6/c1-3-4-5-6-10-21(24(32)27-17-23(31)29-12-14-36-15-13-29)25(33)30-18-20(28-26(34)35-2)16-19-9-7-8-11-22(19)30/h7-9,11,20-21H,3-6,10,12-18H2,1-2H3,(H,27,32)(H,28,34). The van der Waals surface area contributed by atoms with Gasteiger partial charge in [-0.25, -0.2) is 4.79 Å². The van der Waals surface area contributed by atoms with Gasteiger partial charge in [-0.3, -0.25) is 14.4 Å². The van der Waals surface area contributed by atoms with Crippen LogP contribution in [0.5, 0.6) is 0 Å². The van der Waals surface area contributed by atoms with Gasteiger partial charge in [0.1, 0.15) is 5.92 Å².